The Hall–Kier alpha value is -3.63. The summed E-state index contributed by atoms with van der Waals surface area (Å²) in [5.41, 5.74) is 6.22. The Morgan fingerprint density at radius 1 is 1.29 bits per heavy atom. The number of aromatic nitrogens is 4. The number of β-lactam (4-membered cyclic amide) rings is 1. The number of nitrogens with two attached hydrogens (primary N) is 1. The molecule has 184 valence electrons. The highest BCUT2D eigenvalue weighted by Crippen LogP contribution is 2.44. The van der Waals surface area contributed by atoms with Crippen LogP contribution in [0.15, 0.2) is 40.7 Å². The molecule has 1 saturated heterocycles. The van der Waals surface area contributed by atoms with Crippen molar-refractivity contribution in [1.82, 2.24) is 30.8 Å². The molecule has 7 N–H and O–H groups in total. The van der Waals surface area contributed by atoms with Gasteiger partial charge in [-0.15, -0.1) is 16.9 Å². The van der Waals surface area contributed by atoms with Gasteiger partial charge in [-0.1, -0.05) is 23.9 Å². The minimum atomic E-state index is -1.55. The lowest BCUT2D eigenvalue weighted by Crippen LogP contribution is -2.71. The molecule has 0 bridgehead atoms. The average molecular weight is 522 g/mol. The number of hydrogen-bond donors (Lipinski definition) is 6. The number of nitrogens with one attached hydrogen (secondary N) is 2. The zero-order chi connectivity index (χ0) is 25.3. The Morgan fingerprint density at radius 2 is 2.00 bits per heavy atom. The maximum Gasteiger partial charge on any atom is 0.352 e. The molecule has 2 aliphatic heterocycles. The highest BCUT2D eigenvalue weighted by atomic mass is 32.2. The van der Waals surface area contributed by atoms with E-state index in [1.807, 2.05) is 0 Å². The average Bonchev–Trinajstić information content (AvgIpc) is 3.33. The Morgan fingerprint density at radius 3 is 2.60 bits per heavy atom. The maximum atomic E-state index is 12.9. The molecule has 2 amide bonds. The molecule has 1 aromatic carbocycles. The van der Waals surface area contributed by atoms with E-state index < -0.39 is 52.9 Å². The SMILES string of the molecule is Nc1ccc(C(O)C(=O)NC2C(=O)N3C(C(=O)O)=C(C(CC(=O)O)Sc4nnn[nH]4)CS[C@@H]23)cc1. The number of nitrogen functional groups attached to an aromatic ring is 1. The van der Waals surface area contributed by atoms with Crippen LogP contribution in [0.25, 0.3) is 0 Å². The molecular weight excluding hydrogens is 502 g/mol. The van der Waals surface area contributed by atoms with Crippen LogP contribution in [0.5, 0.6) is 0 Å². The number of carbonyl (C=O) groups is 4. The molecule has 1 fully saturated rings. The number of H-pyrrole nitrogens is 1. The Balaban J connectivity index is 1.54. The number of aromatic amines is 1. The molecule has 3 heterocycles. The molecule has 0 radical (unpaired) electrons. The highest BCUT2D eigenvalue weighted by molar-refractivity contribution is 8.01. The third-order valence-corrected chi connectivity index (χ3v) is 7.76. The third kappa shape index (κ3) is 4.94. The van der Waals surface area contributed by atoms with Crippen LogP contribution >= 0.6 is 23.5 Å². The van der Waals surface area contributed by atoms with E-state index in [1.54, 1.807) is 0 Å². The number of carboxylic acids is 2. The van der Waals surface area contributed by atoms with Crippen molar-refractivity contribution in [2.75, 3.05) is 11.5 Å². The van der Waals surface area contributed by atoms with Crippen LogP contribution < -0.4 is 11.1 Å². The van der Waals surface area contributed by atoms with E-state index in [0.717, 1.165) is 16.7 Å². The fraction of sp³-hybridized carbons (Fsp3) is 0.316. The Kier molecular flexibility index (Phi) is 6.95. The summed E-state index contributed by atoms with van der Waals surface area (Å²) in [4.78, 5) is 50.1. The van der Waals surface area contributed by atoms with Crippen molar-refractivity contribution in [2.45, 2.75) is 34.3 Å². The largest absolute Gasteiger partial charge is 0.481 e. The number of aliphatic hydroxyl groups is 1. The van der Waals surface area contributed by atoms with E-state index in [4.69, 9.17) is 5.73 Å². The van der Waals surface area contributed by atoms with Gasteiger partial charge in [-0.25, -0.2) is 9.89 Å². The zero-order valence-corrected chi connectivity index (χ0v) is 19.3. The van der Waals surface area contributed by atoms with E-state index in [9.17, 15) is 34.5 Å². The first kappa shape index (κ1) is 24.5. The van der Waals surface area contributed by atoms with Gasteiger partial charge in [0.15, 0.2) is 6.10 Å². The monoisotopic (exact) mass is 521 g/mol. The second kappa shape index (κ2) is 9.93. The number of benzene rings is 1. The number of rotatable bonds is 9. The summed E-state index contributed by atoms with van der Waals surface area (Å²) in [6.07, 6.45) is -1.98. The van der Waals surface area contributed by atoms with Gasteiger partial charge in [0.05, 0.1) is 6.42 Å². The van der Waals surface area contributed by atoms with Crippen molar-refractivity contribution < 1.29 is 34.5 Å². The van der Waals surface area contributed by atoms with Gasteiger partial charge in [-0.3, -0.25) is 19.3 Å². The van der Waals surface area contributed by atoms with Crippen LogP contribution in [0.4, 0.5) is 5.69 Å². The number of hydrogen-bond acceptors (Lipinski definition) is 11. The number of tetrazole rings is 1. The summed E-state index contributed by atoms with van der Waals surface area (Å²) in [5, 5.41) is 43.6. The quantitative estimate of drug-likeness (QED) is 0.135. The first-order chi connectivity index (χ1) is 16.7. The number of aliphatic carboxylic acids is 2. The number of anilines is 1. The second-order valence-electron chi connectivity index (χ2n) is 7.56. The lowest BCUT2D eigenvalue weighted by molar-refractivity contribution is -0.151. The molecule has 16 heteroatoms. The van der Waals surface area contributed by atoms with Gasteiger partial charge in [-0.05, 0) is 33.7 Å². The second-order valence-corrected chi connectivity index (χ2v) is 9.85. The molecule has 35 heavy (non-hydrogen) atoms. The molecule has 2 aliphatic rings. The summed E-state index contributed by atoms with van der Waals surface area (Å²) >= 11 is 2.11. The predicted octanol–water partition coefficient (Wildman–Crippen LogP) is -0.810. The minimum absolute atomic E-state index is 0.0927. The molecular formula is C19H19N7O7S2. The molecule has 4 rings (SSSR count). The van der Waals surface area contributed by atoms with Gasteiger partial charge in [-0.2, -0.15) is 0 Å². The van der Waals surface area contributed by atoms with Crippen molar-refractivity contribution in [3.05, 3.63) is 41.1 Å². The van der Waals surface area contributed by atoms with Crippen LogP contribution in [-0.4, -0.2) is 87.0 Å². The van der Waals surface area contributed by atoms with E-state index in [1.165, 1.54) is 36.0 Å². The van der Waals surface area contributed by atoms with Crippen LogP contribution in [-0.2, 0) is 19.2 Å². The Labute approximate surface area is 205 Å². The minimum Gasteiger partial charge on any atom is -0.481 e. The fourth-order valence-corrected chi connectivity index (χ4v) is 6.22. The molecule has 2 aromatic rings. The van der Waals surface area contributed by atoms with Gasteiger partial charge >= 0.3 is 11.9 Å². The van der Waals surface area contributed by atoms with Gasteiger partial charge in [0.2, 0.25) is 5.16 Å². The first-order valence-electron chi connectivity index (χ1n) is 10.0. The molecule has 0 saturated carbocycles. The van der Waals surface area contributed by atoms with Crippen molar-refractivity contribution in [2.24, 2.45) is 0 Å². The van der Waals surface area contributed by atoms with E-state index >= 15 is 0 Å². The fourth-order valence-electron chi connectivity index (χ4n) is 3.68. The number of thioether (sulfide) groups is 2. The summed E-state index contributed by atoms with van der Waals surface area (Å²) in [6.45, 7) is 0. The molecule has 1 aromatic heterocycles. The molecule has 4 atom stereocenters. The zero-order valence-electron chi connectivity index (χ0n) is 17.7. The molecule has 0 aliphatic carbocycles. The van der Waals surface area contributed by atoms with Crippen LogP contribution in [0, 0.1) is 0 Å². The van der Waals surface area contributed by atoms with Crippen LogP contribution in [0.2, 0.25) is 0 Å². The predicted molar refractivity (Wildman–Crippen MR) is 122 cm³/mol. The lowest BCUT2D eigenvalue weighted by atomic mass is 9.99. The number of nitrogens with zero attached hydrogens (tertiary/aromatic N) is 4. The normalized spacial score (nSPS) is 21.1. The summed E-state index contributed by atoms with van der Waals surface area (Å²) in [6, 6.07) is 4.93. The molecule has 3 unspecified atom stereocenters. The first-order valence-corrected chi connectivity index (χ1v) is 12.0. The van der Waals surface area contributed by atoms with E-state index in [-0.39, 0.29) is 27.7 Å². The van der Waals surface area contributed by atoms with Gasteiger partial charge < -0.3 is 26.4 Å². The lowest BCUT2D eigenvalue weighted by Gasteiger charge is -2.50. The number of amides is 2. The van der Waals surface area contributed by atoms with Crippen LogP contribution in [0.3, 0.4) is 0 Å². The van der Waals surface area contributed by atoms with Crippen LogP contribution in [0.1, 0.15) is 18.1 Å². The molecule has 0 spiro atoms. The summed E-state index contributed by atoms with van der Waals surface area (Å²) in [5.74, 6) is -3.99. The maximum absolute atomic E-state index is 12.9. The summed E-state index contributed by atoms with van der Waals surface area (Å²) in [7, 11) is 0. The summed E-state index contributed by atoms with van der Waals surface area (Å²) < 4.78 is 0. The van der Waals surface area contributed by atoms with Crippen molar-refractivity contribution in [3.8, 4) is 0 Å². The van der Waals surface area contributed by atoms with Crippen molar-refractivity contribution in [3.63, 3.8) is 0 Å². The molecule has 14 nitrogen and oxygen atoms in total. The van der Waals surface area contributed by atoms with E-state index in [2.05, 4.69) is 25.9 Å². The number of carboxylic acid groups (broad SMARTS) is 2. The third-order valence-electron chi connectivity index (χ3n) is 5.33. The Bertz CT molecular complexity index is 1190. The topological polar surface area (TPSA) is 225 Å². The standard InChI is InChI=1S/C19H19N7O7S2/c20-8-3-1-7(2-4-8)14(29)15(30)21-12-16(31)26-13(18(32)33)9(6-34-17(12)26)10(5-11(27)28)35-19-22-24-25-23-19/h1-4,10,12,14,17,29H,5-6,20H2,(H,21,30)(H,27,28)(H,32,33)(H,22,23,24,25)/t10?,12?,14?,17-/m0/s1. The van der Waals surface area contributed by atoms with Gasteiger partial charge in [0.1, 0.15) is 17.1 Å². The number of aliphatic hydroxyl groups excluding tert-OH is 1. The van der Waals surface area contributed by atoms with Crippen molar-refractivity contribution >= 4 is 53.0 Å². The van der Waals surface area contributed by atoms with E-state index in [0.29, 0.717) is 5.69 Å². The van der Waals surface area contributed by atoms with Gasteiger partial charge in [0, 0.05) is 16.7 Å². The van der Waals surface area contributed by atoms with Gasteiger partial charge in [0.25, 0.3) is 11.8 Å². The highest BCUT2D eigenvalue weighted by Gasteiger charge is 2.55. The number of carbonyl (C=O) groups excluding carboxylic acids is 2. The van der Waals surface area contributed by atoms with Crippen molar-refractivity contribution in [1.29, 1.82) is 0 Å². The number of fused-ring (bicyclic) bond motifs is 1. The smallest absolute Gasteiger partial charge is 0.352 e.